The summed E-state index contributed by atoms with van der Waals surface area (Å²) >= 11 is 1.43. The van der Waals surface area contributed by atoms with Crippen LogP contribution < -0.4 is 0 Å². The molecular weight excluding hydrogens is 142 g/mol. The highest BCUT2D eigenvalue weighted by atomic mass is 32.2. The molecule has 0 aliphatic heterocycles. The molecule has 0 heterocycles. The molecule has 0 amide bonds. The van der Waals surface area contributed by atoms with Crippen LogP contribution in [0.15, 0.2) is 14.9 Å². The van der Waals surface area contributed by atoms with Crippen molar-refractivity contribution in [3.05, 3.63) is 10.5 Å². The van der Waals surface area contributed by atoms with E-state index >= 15 is 0 Å². The highest BCUT2D eigenvalue weighted by Gasteiger charge is 1.87. The minimum Gasteiger partial charge on any atom is -0.228 e. The first kappa shape index (κ1) is 12.4. The molecule has 0 aliphatic carbocycles. The molecule has 0 aliphatic rings. The topological polar surface area (TPSA) is 12.4 Å². The normalized spacial score (nSPS) is 7.30. The second-order valence-electron chi connectivity index (χ2n) is 1.78. The van der Waals surface area contributed by atoms with Gasteiger partial charge in [0.1, 0.15) is 0 Å². The van der Waals surface area contributed by atoms with Crippen molar-refractivity contribution in [1.82, 2.24) is 0 Å². The summed E-state index contributed by atoms with van der Waals surface area (Å²) < 4.78 is 3.67. The van der Waals surface area contributed by atoms with E-state index in [1.807, 2.05) is 20.8 Å². The maximum Gasteiger partial charge on any atom is 0.00464 e. The molecule has 0 rings (SSSR count). The zero-order valence-corrected chi connectivity index (χ0v) is 8.38. The van der Waals surface area contributed by atoms with Gasteiger partial charge in [-0.1, -0.05) is 19.4 Å². The van der Waals surface area contributed by atoms with Crippen LogP contribution in [0.25, 0.3) is 0 Å². The van der Waals surface area contributed by atoms with Gasteiger partial charge in [0, 0.05) is 16.9 Å². The molecule has 0 aromatic carbocycles. The van der Waals surface area contributed by atoms with Gasteiger partial charge in [-0.15, -0.1) is 0 Å². The molecule has 0 atom stereocenters. The van der Waals surface area contributed by atoms with Gasteiger partial charge in [-0.3, -0.25) is 0 Å². The third-order valence-corrected chi connectivity index (χ3v) is 1.72. The van der Waals surface area contributed by atoms with Crippen LogP contribution in [0.3, 0.4) is 0 Å². The third-order valence-electron chi connectivity index (χ3n) is 0.906. The second kappa shape index (κ2) is 8.76. The summed E-state index contributed by atoms with van der Waals surface area (Å²) in [5, 5.41) is 0. The number of nitrogens with zero attached hydrogens (tertiary/aromatic N) is 1. The van der Waals surface area contributed by atoms with Gasteiger partial charge in [-0.25, -0.2) is 4.40 Å². The van der Waals surface area contributed by atoms with Gasteiger partial charge in [-0.2, -0.15) is 0 Å². The van der Waals surface area contributed by atoms with Crippen molar-refractivity contribution in [1.29, 1.82) is 0 Å². The first-order valence-corrected chi connectivity index (χ1v) is 4.23. The predicted octanol–water partition coefficient (Wildman–Crippen LogP) is 3.68. The monoisotopic (exact) mass is 159 g/mol. The van der Waals surface area contributed by atoms with Crippen molar-refractivity contribution >= 4 is 18.7 Å². The molecule has 10 heavy (non-hydrogen) atoms. The molecule has 0 unspecified atom stereocenters. The summed E-state index contributed by atoms with van der Waals surface area (Å²) in [7, 11) is 0. The number of rotatable bonds is 2. The first-order chi connectivity index (χ1) is 4.68. The number of hydrogen-bond acceptors (Lipinski definition) is 2. The molecule has 60 valence electrons. The average molecular weight is 159 g/mol. The lowest BCUT2D eigenvalue weighted by atomic mass is 10.3. The van der Waals surface area contributed by atoms with Crippen LogP contribution in [0.5, 0.6) is 0 Å². The van der Waals surface area contributed by atoms with E-state index in [-0.39, 0.29) is 0 Å². The van der Waals surface area contributed by atoms with Gasteiger partial charge in [0.2, 0.25) is 0 Å². The van der Waals surface area contributed by atoms with E-state index in [0.29, 0.717) is 0 Å². The Bertz CT molecular complexity index is 112. The average Bonchev–Trinajstić information content (AvgIpc) is 1.93. The largest absolute Gasteiger partial charge is 0.228 e. The lowest BCUT2D eigenvalue weighted by Crippen LogP contribution is -1.68. The van der Waals surface area contributed by atoms with Crippen molar-refractivity contribution in [2.24, 2.45) is 4.40 Å². The van der Waals surface area contributed by atoms with Crippen LogP contribution >= 0.6 is 11.9 Å². The van der Waals surface area contributed by atoms with E-state index in [2.05, 4.69) is 25.0 Å². The Morgan fingerprint density at radius 2 is 1.60 bits per heavy atom. The molecule has 0 saturated carbocycles. The van der Waals surface area contributed by atoms with E-state index in [1.165, 1.54) is 22.4 Å². The predicted molar refractivity (Wildman–Crippen MR) is 52.5 cm³/mol. The molecule has 1 nitrogen and oxygen atoms in total. The Labute approximate surface area is 68.8 Å². The van der Waals surface area contributed by atoms with Gasteiger partial charge in [0.05, 0.1) is 0 Å². The molecule has 0 aromatic rings. The van der Waals surface area contributed by atoms with Crippen molar-refractivity contribution < 1.29 is 0 Å². The molecule has 0 aromatic heterocycles. The number of hydrogen-bond donors (Lipinski definition) is 0. The van der Waals surface area contributed by atoms with Crippen molar-refractivity contribution in [3.63, 3.8) is 0 Å². The Morgan fingerprint density at radius 1 is 1.20 bits per heavy atom. The van der Waals surface area contributed by atoms with Gasteiger partial charge < -0.3 is 0 Å². The summed E-state index contributed by atoms with van der Waals surface area (Å²) in [5.74, 6) is 0. The minimum atomic E-state index is 1.24. The standard InChI is InChI=1S/C6H11NS.C2H6/c1-5(2)6(3)8-7-4;1-2/h4H2,1-3H3;1-2H3. The fourth-order valence-electron chi connectivity index (χ4n) is 0.188. The first-order valence-electron chi connectivity index (χ1n) is 3.45. The number of allylic oxidation sites excluding steroid dienone is 2. The van der Waals surface area contributed by atoms with Crippen LogP contribution in [-0.4, -0.2) is 6.72 Å². The van der Waals surface area contributed by atoms with E-state index in [0.717, 1.165) is 0 Å². The van der Waals surface area contributed by atoms with Crippen LogP contribution in [0.4, 0.5) is 0 Å². The smallest absolute Gasteiger partial charge is 0.00464 e. The zero-order chi connectivity index (χ0) is 8.57. The molecule has 0 radical (unpaired) electrons. The maximum atomic E-state index is 3.67. The van der Waals surface area contributed by atoms with E-state index in [1.54, 1.807) is 0 Å². The Kier molecular flexibility index (Phi) is 10.9. The fraction of sp³-hybridized carbons (Fsp3) is 0.625. The maximum absolute atomic E-state index is 3.67. The Balaban J connectivity index is 0. The van der Waals surface area contributed by atoms with Gasteiger partial charge in [-0.05, 0) is 27.5 Å². The third kappa shape index (κ3) is 7.76. The van der Waals surface area contributed by atoms with Crippen molar-refractivity contribution in [2.45, 2.75) is 34.6 Å². The SMILES string of the molecule is C=NSC(C)=C(C)C.CC. The van der Waals surface area contributed by atoms with Gasteiger partial charge in [0.25, 0.3) is 0 Å². The van der Waals surface area contributed by atoms with Crippen molar-refractivity contribution in [2.75, 3.05) is 0 Å². The lowest BCUT2D eigenvalue weighted by Gasteiger charge is -1.93. The Hall–Kier alpha value is -0.240. The molecule has 2 heteroatoms. The highest BCUT2D eigenvalue weighted by Crippen LogP contribution is 2.18. The molecule has 0 saturated heterocycles. The van der Waals surface area contributed by atoms with Crippen molar-refractivity contribution in [3.8, 4) is 0 Å². The second-order valence-corrected chi connectivity index (χ2v) is 2.83. The van der Waals surface area contributed by atoms with E-state index in [4.69, 9.17) is 0 Å². The fourth-order valence-corrected chi connectivity index (χ4v) is 0.564. The van der Waals surface area contributed by atoms with E-state index < -0.39 is 0 Å². The minimum absolute atomic E-state index is 1.24. The zero-order valence-electron chi connectivity index (χ0n) is 7.56. The lowest BCUT2D eigenvalue weighted by molar-refractivity contribution is 1.34. The summed E-state index contributed by atoms with van der Waals surface area (Å²) in [6, 6.07) is 0. The molecule has 0 N–H and O–H groups in total. The van der Waals surface area contributed by atoms with Crippen LogP contribution in [0.1, 0.15) is 34.6 Å². The quantitative estimate of drug-likeness (QED) is 0.442. The van der Waals surface area contributed by atoms with Crippen LogP contribution in [0.2, 0.25) is 0 Å². The summed E-state index contributed by atoms with van der Waals surface area (Å²) in [6.45, 7) is 13.5. The molecular formula is C8H17NS. The summed E-state index contributed by atoms with van der Waals surface area (Å²) in [6.07, 6.45) is 0. The highest BCUT2D eigenvalue weighted by molar-refractivity contribution is 8.01. The van der Waals surface area contributed by atoms with E-state index in [9.17, 15) is 0 Å². The molecule has 0 fully saturated rings. The van der Waals surface area contributed by atoms with Crippen LogP contribution in [0, 0.1) is 0 Å². The Morgan fingerprint density at radius 3 is 1.70 bits per heavy atom. The van der Waals surface area contributed by atoms with Gasteiger partial charge >= 0.3 is 0 Å². The molecule has 0 spiro atoms. The molecule has 0 bridgehead atoms. The summed E-state index contributed by atoms with van der Waals surface area (Å²) in [5.41, 5.74) is 1.31. The van der Waals surface area contributed by atoms with Gasteiger partial charge in [0.15, 0.2) is 0 Å². The van der Waals surface area contributed by atoms with Crippen LogP contribution in [-0.2, 0) is 0 Å². The summed E-state index contributed by atoms with van der Waals surface area (Å²) in [4.78, 5) is 1.24.